The minimum atomic E-state index is 0.314. The minimum Gasteiger partial charge on any atom is -0.252 e. The van der Waals surface area contributed by atoms with Gasteiger partial charge in [0.2, 0.25) is 0 Å². The molecule has 78 valence electrons. The van der Waals surface area contributed by atoms with Crippen molar-refractivity contribution >= 4 is 5.82 Å². The molecule has 0 atom stereocenters. The highest BCUT2D eigenvalue weighted by Gasteiger charge is 2.06. The monoisotopic (exact) mass is 211 g/mol. The van der Waals surface area contributed by atoms with Gasteiger partial charge in [-0.3, -0.25) is 4.98 Å². The van der Waals surface area contributed by atoms with Gasteiger partial charge in [-0.2, -0.15) is 0 Å². The summed E-state index contributed by atoms with van der Waals surface area (Å²) in [4.78, 5) is 11.2. The third-order valence-corrected chi connectivity index (χ3v) is 2.06. The van der Waals surface area contributed by atoms with Crippen LogP contribution < -0.4 is 0 Å². The fourth-order valence-electron chi connectivity index (χ4n) is 1.38. The van der Waals surface area contributed by atoms with Crippen LogP contribution >= 0.6 is 0 Å². The lowest BCUT2D eigenvalue weighted by Gasteiger charge is -2.03. The summed E-state index contributed by atoms with van der Waals surface area (Å²) in [5.74, 6) is 0.314. The molecule has 0 amide bonds. The van der Waals surface area contributed by atoms with Gasteiger partial charge in [0.05, 0.1) is 11.4 Å². The number of hydrogen-bond acceptors (Lipinski definition) is 3. The predicted octanol–water partition coefficient (Wildman–Crippen LogP) is 3.39. The fourth-order valence-corrected chi connectivity index (χ4v) is 1.38. The summed E-state index contributed by atoms with van der Waals surface area (Å²) in [6, 6.07) is 9.51. The molecule has 0 saturated heterocycles. The van der Waals surface area contributed by atoms with E-state index in [1.165, 1.54) is 0 Å². The van der Waals surface area contributed by atoms with E-state index in [1.807, 2.05) is 30.3 Å². The lowest BCUT2D eigenvalue weighted by Crippen LogP contribution is -1.89. The van der Waals surface area contributed by atoms with E-state index < -0.39 is 0 Å². The molecule has 0 aliphatic heterocycles. The summed E-state index contributed by atoms with van der Waals surface area (Å²) in [6.45, 7) is 1.80. The van der Waals surface area contributed by atoms with E-state index in [1.54, 1.807) is 13.1 Å². The molecule has 0 N–H and O–H groups in total. The van der Waals surface area contributed by atoms with Crippen molar-refractivity contribution in [3.8, 4) is 11.3 Å². The van der Waals surface area contributed by atoms with E-state index in [4.69, 9.17) is 5.53 Å². The molecule has 0 aliphatic rings. The molecule has 5 nitrogen and oxygen atoms in total. The second-order valence-corrected chi connectivity index (χ2v) is 3.24. The van der Waals surface area contributed by atoms with Crippen LogP contribution in [0.25, 0.3) is 21.7 Å². The van der Waals surface area contributed by atoms with Crippen LogP contribution in [0.1, 0.15) is 5.69 Å². The van der Waals surface area contributed by atoms with Crippen LogP contribution in [-0.4, -0.2) is 9.97 Å². The molecule has 1 heterocycles. The predicted molar refractivity (Wildman–Crippen MR) is 61.0 cm³/mol. The number of hydrogen-bond donors (Lipinski definition) is 0. The van der Waals surface area contributed by atoms with Crippen molar-refractivity contribution in [2.45, 2.75) is 6.92 Å². The zero-order valence-corrected chi connectivity index (χ0v) is 8.70. The Kier molecular flexibility index (Phi) is 2.80. The Balaban J connectivity index is 2.61. The molecule has 16 heavy (non-hydrogen) atoms. The number of aryl methyl sites for hydroxylation is 1. The van der Waals surface area contributed by atoms with Gasteiger partial charge in [-0.15, -0.1) is 0 Å². The molecule has 0 fully saturated rings. The number of aromatic nitrogens is 2. The van der Waals surface area contributed by atoms with Crippen molar-refractivity contribution in [1.82, 2.24) is 9.97 Å². The molecule has 1 aromatic carbocycles. The maximum atomic E-state index is 8.47. The zero-order valence-electron chi connectivity index (χ0n) is 8.70. The van der Waals surface area contributed by atoms with E-state index in [2.05, 4.69) is 20.0 Å². The molecule has 0 saturated carbocycles. The Morgan fingerprint density at radius 1 is 1.25 bits per heavy atom. The molecule has 0 aliphatic carbocycles. The molecule has 0 radical (unpaired) electrons. The summed E-state index contributed by atoms with van der Waals surface area (Å²) in [6.07, 6.45) is 1.65. The summed E-state index contributed by atoms with van der Waals surface area (Å²) in [5.41, 5.74) is 10.7. The van der Waals surface area contributed by atoms with Crippen LogP contribution in [0, 0.1) is 6.92 Å². The number of nitrogens with zero attached hydrogens (tertiary/aromatic N) is 5. The van der Waals surface area contributed by atoms with Crippen LogP contribution in [-0.2, 0) is 0 Å². The number of azide groups is 1. The summed E-state index contributed by atoms with van der Waals surface area (Å²) >= 11 is 0. The Hall–Kier alpha value is -2.39. The lowest BCUT2D eigenvalue weighted by atomic mass is 10.1. The van der Waals surface area contributed by atoms with Crippen LogP contribution in [0.3, 0.4) is 0 Å². The van der Waals surface area contributed by atoms with E-state index in [9.17, 15) is 0 Å². The minimum absolute atomic E-state index is 0.314. The lowest BCUT2D eigenvalue weighted by molar-refractivity contribution is 1.10. The first kappa shape index (κ1) is 10.1. The van der Waals surface area contributed by atoms with Crippen molar-refractivity contribution in [2.75, 3.05) is 0 Å². The highest BCUT2D eigenvalue weighted by atomic mass is 15.2. The third kappa shape index (κ3) is 1.99. The zero-order chi connectivity index (χ0) is 11.4. The van der Waals surface area contributed by atoms with Gasteiger partial charge in [-0.1, -0.05) is 30.3 Å². The van der Waals surface area contributed by atoms with Gasteiger partial charge in [0.15, 0.2) is 5.82 Å². The Morgan fingerprint density at radius 2 is 2.00 bits per heavy atom. The van der Waals surface area contributed by atoms with Gasteiger partial charge in [-0.05, 0) is 17.6 Å². The van der Waals surface area contributed by atoms with Gasteiger partial charge in [0, 0.05) is 16.7 Å². The molecule has 0 unspecified atom stereocenters. The average molecular weight is 211 g/mol. The summed E-state index contributed by atoms with van der Waals surface area (Å²) in [5, 5.41) is 3.55. The SMILES string of the molecule is Cc1cnc(-c2ccccc2)c(N=[N+]=[N-])n1. The largest absolute Gasteiger partial charge is 0.252 e. The van der Waals surface area contributed by atoms with Crippen molar-refractivity contribution in [1.29, 1.82) is 0 Å². The van der Waals surface area contributed by atoms with Gasteiger partial charge < -0.3 is 0 Å². The van der Waals surface area contributed by atoms with Crippen molar-refractivity contribution in [3.63, 3.8) is 0 Å². The molecule has 2 rings (SSSR count). The van der Waals surface area contributed by atoms with Crippen molar-refractivity contribution in [3.05, 3.63) is 52.7 Å². The molecular weight excluding hydrogens is 202 g/mol. The van der Waals surface area contributed by atoms with Crippen LogP contribution in [0.5, 0.6) is 0 Å². The molecule has 0 spiro atoms. The molecule has 0 bridgehead atoms. The van der Waals surface area contributed by atoms with Gasteiger partial charge in [0.25, 0.3) is 0 Å². The molecule has 5 heteroatoms. The van der Waals surface area contributed by atoms with Gasteiger partial charge in [0.1, 0.15) is 0 Å². The Morgan fingerprint density at radius 3 is 2.69 bits per heavy atom. The first-order chi connectivity index (χ1) is 7.81. The molecule has 2 aromatic rings. The second-order valence-electron chi connectivity index (χ2n) is 3.24. The van der Waals surface area contributed by atoms with Crippen molar-refractivity contribution in [2.24, 2.45) is 5.11 Å². The van der Waals surface area contributed by atoms with Crippen LogP contribution in [0.4, 0.5) is 5.82 Å². The molecule has 1 aromatic heterocycles. The van der Waals surface area contributed by atoms with Crippen LogP contribution in [0.2, 0.25) is 0 Å². The second kappa shape index (κ2) is 4.42. The third-order valence-electron chi connectivity index (χ3n) is 2.06. The highest BCUT2D eigenvalue weighted by molar-refractivity contribution is 5.68. The number of rotatable bonds is 2. The average Bonchev–Trinajstić information content (AvgIpc) is 2.31. The van der Waals surface area contributed by atoms with Crippen molar-refractivity contribution < 1.29 is 0 Å². The maximum Gasteiger partial charge on any atom is 0.153 e. The smallest absolute Gasteiger partial charge is 0.153 e. The van der Waals surface area contributed by atoms with Gasteiger partial charge in [-0.25, -0.2) is 4.98 Å². The van der Waals surface area contributed by atoms with Crippen LogP contribution in [0.15, 0.2) is 41.6 Å². The van der Waals surface area contributed by atoms with Gasteiger partial charge >= 0.3 is 0 Å². The fraction of sp³-hybridized carbons (Fsp3) is 0.0909. The number of benzene rings is 1. The van der Waals surface area contributed by atoms with E-state index in [0.717, 1.165) is 11.3 Å². The maximum absolute atomic E-state index is 8.47. The highest BCUT2D eigenvalue weighted by Crippen LogP contribution is 2.25. The first-order valence-electron chi connectivity index (χ1n) is 4.75. The standard InChI is InChI=1S/C11H9N5/c1-8-7-13-10(11(14-8)15-16-12)9-5-3-2-4-6-9/h2-7H,1H3. The molecular formula is C11H9N5. The van der Waals surface area contributed by atoms with E-state index in [0.29, 0.717) is 11.5 Å². The normalized spacial score (nSPS) is 9.56. The topological polar surface area (TPSA) is 74.5 Å². The summed E-state index contributed by atoms with van der Waals surface area (Å²) in [7, 11) is 0. The summed E-state index contributed by atoms with van der Waals surface area (Å²) < 4.78 is 0. The van der Waals surface area contributed by atoms with E-state index in [-0.39, 0.29) is 0 Å². The van der Waals surface area contributed by atoms with E-state index >= 15 is 0 Å². The quantitative estimate of drug-likeness (QED) is 0.433. The Bertz CT molecular complexity index is 544. The Labute approximate surface area is 92.4 Å². The first-order valence-corrected chi connectivity index (χ1v) is 4.75.